The van der Waals surface area contributed by atoms with E-state index in [1.807, 2.05) is 17.6 Å². The third-order valence-electron chi connectivity index (χ3n) is 3.23. The van der Waals surface area contributed by atoms with Crippen LogP contribution in [0.2, 0.25) is 0 Å². The molecule has 0 bridgehead atoms. The number of imidazole rings is 1. The van der Waals surface area contributed by atoms with Crippen LogP contribution in [0.4, 0.5) is 0 Å². The average Bonchev–Trinajstić information content (AvgIpc) is 2.73. The van der Waals surface area contributed by atoms with Crippen LogP contribution in [0.3, 0.4) is 0 Å². The van der Waals surface area contributed by atoms with E-state index in [2.05, 4.69) is 11.1 Å². The zero-order chi connectivity index (χ0) is 14.2. The van der Waals surface area contributed by atoms with E-state index in [-0.39, 0.29) is 0 Å². The van der Waals surface area contributed by atoms with Crippen molar-refractivity contribution in [1.82, 2.24) is 9.55 Å². The minimum Gasteiger partial charge on any atom is -0.327 e. The van der Waals surface area contributed by atoms with Crippen molar-refractivity contribution in [1.29, 1.82) is 5.26 Å². The van der Waals surface area contributed by atoms with Crippen LogP contribution in [0.1, 0.15) is 30.5 Å². The topological polar surface area (TPSA) is 75.8 Å². The van der Waals surface area contributed by atoms with Crippen molar-refractivity contribution in [2.75, 3.05) is 6.26 Å². The zero-order valence-electron chi connectivity index (χ0n) is 11.1. The molecule has 2 aromatic rings. The number of aryl methyl sites for hydroxylation is 1. The van der Waals surface area contributed by atoms with Gasteiger partial charge in [-0.25, -0.2) is 13.4 Å². The van der Waals surface area contributed by atoms with Crippen molar-refractivity contribution >= 4 is 20.9 Å². The summed E-state index contributed by atoms with van der Waals surface area (Å²) in [5.74, 6) is 0.523. The van der Waals surface area contributed by atoms with Crippen LogP contribution < -0.4 is 0 Å². The Labute approximate surface area is 112 Å². The fourth-order valence-electron chi connectivity index (χ4n) is 2.05. The average molecular weight is 277 g/mol. The Morgan fingerprint density at radius 1 is 1.47 bits per heavy atom. The summed E-state index contributed by atoms with van der Waals surface area (Å²) in [6.07, 6.45) is 1.21. The molecule has 1 aromatic carbocycles. The molecule has 1 aromatic heterocycles. The van der Waals surface area contributed by atoms with Crippen LogP contribution in [0.15, 0.2) is 18.2 Å². The summed E-state index contributed by atoms with van der Waals surface area (Å²) in [6.45, 7) is 4.21. The zero-order valence-corrected chi connectivity index (χ0v) is 11.9. The first kappa shape index (κ1) is 13.6. The molecule has 19 heavy (non-hydrogen) atoms. The van der Waals surface area contributed by atoms with Crippen LogP contribution in [-0.2, 0) is 16.4 Å². The summed E-state index contributed by atoms with van der Waals surface area (Å²) >= 11 is 0. The molecule has 0 radical (unpaired) electrons. The van der Waals surface area contributed by atoms with Crippen molar-refractivity contribution in [3.05, 3.63) is 29.6 Å². The van der Waals surface area contributed by atoms with Gasteiger partial charge in [0.2, 0.25) is 0 Å². The van der Waals surface area contributed by atoms with Gasteiger partial charge in [0.15, 0.2) is 9.84 Å². The molecule has 0 saturated carbocycles. The van der Waals surface area contributed by atoms with Crippen LogP contribution in [0, 0.1) is 11.3 Å². The highest BCUT2D eigenvalue weighted by atomic mass is 32.2. The molecule has 0 saturated heterocycles. The first-order valence-electron chi connectivity index (χ1n) is 5.97. The summed E-state index contributed by atoms with van der Waals surface area (Å²) in [6, 6.07) is 7.26. The largest absolute Gasteiger partial charge is 0.327 e. The highest BCUT2D eigenvalue weighted by Crippen LogP contribution is 2.25. The molecule has 1 heterocycles. The van der Waals surface area contributed by atoms with Crippen molar-refractivity contribution in [2.45, 2.75) is 25.6 Å². The van der Waals surface area contributed by atoms with Gasteiger partial charge in [0.05, 0.1) is 22.7 Å². The lowest BCUT2D eigenvalue weighted by Gasteiger charge is -2.11. The maximum absolute atomic E-state index is 11.7. The molecule has 100 valence electrons. The standard InChI is InChI=1S/C13H15N3O2S/c1-4-16-12-6-5-10(8-14)7-11(12)15-13(16)9(2)19(3,17)18/h5-7,9H,4H2,1-3H3. The quantitative estimate of drug-likeness (QED) is 0.860. The first-order valence-corrected chi connectivity index (χ1v) is 7.93. The van der Waals surface area contributed by atoms with Crippen LogP contribution in [-0.4, -0.2) is 24.2 Å². The molecule has 2 rings (SSSR count). The molecule has 1 atom stereocenters. The lowest BCUT2D eigenvalue weighted by molar-refractivity contribution is 0.584. The van der Waals surface area contributed by atoms with E-state index in [4.69, 9.17) is 5.26 Å². The monoisotopic (exact) mass is 277 g/mol. The maximum atomic E-state index is 11.7. The number of hydrogen-bond donors (Lipinski definition) is 0. The van der Waals surface area contributed by atoms with Gasteiger partial charge in [-0.1, -0.05) is 0 Å². The Hall–Kier alpha value is -1.87. The smallest absolute Gasteiger partial charge is 0.157 e. The number of sulfone groups is 1. The highest BCUT2D eigenvalue weighted by molar-refractivity contribution is 7.90. The van der Waals surface area contributed by atoms with E-state index in [0.29, 0.717) is 23.4 Å². The normalized spacial score (nSPS) is 13.4. The summed E-state index contributed by atoms with van der Waals surface area (Å²) in [5.41, 5.74) is 2.03. The number of hydrogen-bond acceptors (Lipinski definition) is 4. The number of nitriles is 1. The lowest BCUT2D eigenvalue weighted by Crippen LogP contribution is -2.13. The number of aromatic nitrogens is 2. The molecule has 5 nitrogen and oxygen atoms in total. The van der Waals surface area contributed by atoms with Crippen LogP contribution in [0.5, 0.6) is 0 Å². The third-order valence-corrected chi connectivity index (χ3v) is 4.72. The predicted octanol–water partition coefficient (Wildman–Crippen LogP) is 2.03. The SMILES string of the molecule is CCn1c(C(C)S(C)(=O)=O)nc2cc(C#N)ccc21. The van der Waals surface area contributed by atoms with E-state index in [9.17, 15) is 8.42 Å². The summed E-state index contributed by atoms with van der Waals surface area (Å²) in [4.78, 5) is 4.39. The molecule has 0 N–H and O–H groups in total. The Kier molecular flexibility index (Phi) is 3.33. The Morgan fingerprint density at radius 3 is 2.68 bits per heavy atom. The van der Waals surface area contributed by atoms with Gasteiger partial charge in [0, 0.05) is 12.8 Å². The Morgan fingerprint density at radius 2 is 2.16 bits per heavy atom. The van der Waals surface area contributed by atoms with Crippen LogP contribution >= 0.6 is 0 Å². The fraction of sp³-hybridized carbons (Fsp3) is 0.385. The minimum absolute atomic E-state index is 0.520. The molecule has 6 heteroatoms. The van der Waals surface area contributed by atoms with E-state index in [0.717, 1.165) is 5.52 Å². The van der Waals surface area contributed by atoms with Gasteiger partial charge in [0.25, 0.3) is 0 Å². The molecular formula is C13H15N3O2S. The predicted molar refractivity (Wildman–Crippen MR) is 73.4 cm³/mol. The molecule has 0 aliphatic carbocycles. The van der Waals surface area contributed by atoms with Crippen LogP contribution in [0.25, 0.3) is 11.0 Å². The van der Waals surface area contributed by atoms with Gasteiger partial charge in [-0.05, 0) is 32.0 Å². The van der Waals surface area contributed by atoms with E-state index in [1.54, 1.807) is 19.1 Å². The molecular weight excluding hydrogens is 262 g/mol. The van der Waals surface area contributed by atoms with Crippen molar-refractivity contribution in [3.63, 3.8) is 0 Å². The molecule has 0 aliphatic heterocycles. The molecule has 0 aliphatic rings. The number of nitrogens with zero attached hydrogens (tertiary/aromatic N) is 3. The van der Waals surface area contributed by atoms with Crippen molar-refractivity contribution in [2.24, 2.45) is 0 Å². The highest BCUT2D eigenvalue weighted by Gasteiger charge is 2.23. The second-order valence-electron chi connectivity index (χ2n) is 4.50. The summed E-state index contributed by atoms with van der Waals surface area (Å²) in [7, 11) is -3.20. The van der Waals surface area contributed by atoms with Gasteiger partial charge in [-0.3, -0.25) is 0 Å². The fourth-order valence-corrected chi connectivity index (χ4v) is 2.62. The molecule has 1 unspecified atom stereocenters. The van der Waals surface area contributed by atoms with Gasteiger partial charge >= 0.3 is 0 Å². The molecule has 0 amide bonds. The van der Waals surface area contributed by atoms with Gasteiger partial charge in [-0.15, -0.1) is 0 Å². The number of benzene rings is 1. The second-order valence-corrected chi connectivity index (χ2v) is 6.87. The molecule has 0 fully saturated rings. The van der Waals surface area contributed by atoms with Crippen molar-refractivity contribution < 1.29 is 8.42 Å². The third kappa shape index (κ3) is 2.34. The van der Waals surface area contributed by atoms with Gasteiger partial charge < -0.3 is 4.57 Å². The summed E-state index contributed by atoms with van der Waals surface area (Å²) < 4.78 is 25.3. The second kappa shape index (κ2) is 4.67. The Balaban J connectivity index is 2.72. The van der Waals surface area contributed by atoms with E-state index < -0.39 is 15.1 Å². The molecule has 0 spiro atoms. The maximum Gasteiger partial charge on any atom is 0.157 e. The number of rotatable bonds is 3. The first-order chi connectivity index (χ1) is 8.88. The minimum atomic E-state index is -3.20. The van der Waals surface area contributed by atoms with Gasteiger partial charge in [-0.2, -0.15) is 5.26 Å². The van der Waals surface area contributed by atoms with Crippen molar-refractivity contribution in [3.8, 4) is 6.07 Å². The van der Waals surface area contributed by atoms with E-state index >= 15 is 0 Å². The Bertz CT molecular complexity index is 769. The van der Waals surface area contributed by atoms with E-state index in [1.165, 1.54) is 6.26 Å². The van der Waals surface area contributed by atoms with Gasteiger partial charge in [0.1, 0.15) is 11.1 Å². The summed E-state index contributed by atoms with van der Waals surface area (Å²) in [5, 5.41) is 8.23. The lowest BCUT2D eigenvalue weighted by atomic mass is 10.2. The number of fused-ring (bicyclic) bond motifs is 1.